The van der Waals surface area contributed by atoms with Gasteiger partial charge in [0.25, 0.3) is 0 Å². The Morgan fingerprint density at radius 1 is 1.20 bits per heavy atom. The third kappa shape index (κ3) is 6.77. The normalized spacial score (nSPS) is 21.4. The Bertz CT molecular complexity index is 552. The predicted octanol–water partition coefficient (Wildman–Crippen LogP) is 3.75. The Labute approximate surface area is 169 Å². The lowest BCUT2D eigenvalue weighted by Crippen LogP contribution is -2.45. The second-order valence-electron chi connectivity index (χ2n) is 7.54. The predicted molar refractivity (Wildman–Crippen MR) is 117 cm³/mol. The zero-order valence-electron chi connectivity index (χ0n) is 16.0. The number of nitrogens with one attached hydrogen (secondary N) is 2. The third-order valence-corrected chi connectivity index (χ3v) is 4.89. The summed E-state index contributed by atoms with van der Waals surface area (Å²) in [6.07, 6.45) is 3.65. The first-order valence-corrected chi connectivity index (χ1v) is 9.21. The molecule has 1 aromatic rings. The quantitative estimate of drug-likeness (QED) is 0.357. The molecule has 0 atom stereocenters. The van der Waals surface area contributed by atoms with Gasteiger partial charge in [0.15, 0.2) is 5.96 Å². The van der Waals surface area contributed by atoms with Gasteiger partial charge in [-0.2, -0.15) is 0 Å². The Hall–Kier alpha value is -0.820. The van der Waals surface area contributed by atoms with E-state index in [1.807, 2.05) is 0 Å². The average Bonchev–Trinajstić information content (AvgIpc) is 2.55. The molecule has 0 aromatic heterocycles. The summed E-state index contributed by atoms with van der Waals surface area (Å²) < 4.78 is 0. The van der Waals surface area contributed by atoms with Crippen molar-refractivity contribution in [2.24, 2.45) is 4.99 Å². The van der Waals surface area contributed by atoms with Crippen LogP contribution in [-0.2, 0) is 5.41 Å². The lowest BCUT2D eigenvalue weighted by molar-refractivity contribution is 0.120. The molecule has 0 amide bonds. The summed E-state index contributed by atoms with van der Waals surface area (Å²) in [4.78, 5) is 4.85. The first-order valence-electron chi connectivity index (χ1n) is 9.21. The molecule has 25 heavy (non-hydrogen) atoms. The topological polar surface area (TPSA) is 56.7 Å². The minimum absolute atomic E-state index is 0. The number of rotatable bonds is 5. The van der Waals surface area contributed by atoms with E-state index in [-0.39, 0.29) is 35.5 Å². The molecule has 1 saturated carbocycles. The highest BCUT2D eigenvalue weighted by molar-refractivity contribution is 14.0. The van der Waals surface area contributed by atoms with Gasteiger partial charge in [0, 0.05) is 18.0 Å². The van der Waals surface area contributed by atoms with Gasteiger partial charge in [-0.05, 0) is 50.7 Å². The number of aliphatic hydroxyl groups excluding tert-OH is 1. The summed E-state index contributed by atoms with van der Waals surface area (Å²) in [5, 5.41) is 16.6. The number of hydrogen-bond acceptors (Lipinski definition) is 2. The Morgan fingerprint density at radius 2 is 1.84 bits per heavy atom. The van der Waals surface area contributed by atoms with Gasteiger partial charge >= 0.3 is 0 Å². The average molecular weight is 459 g/mol. The van der Waals surface area contributed by atoms with E-state index in [9.17, 15) is 5.11 Å². The van der Waals surface area contributed by atoms with Crippen LogP contribution in [0.2, 0.25) is 0 Å². The Balaban J connectivity index is 0.00000312. The number of halogens is 1. The molecule has 3 N–H and O–H groups in total. The fraction of sp³-hybridized carbons (Fsp3) is 0.650. The molecule has 0 heterocycles. The van der Waals surface area contributed by atoms with Crippen LogP contribution in [0.25, 0.3) is 0 Å². The van der Waals surface area contributed by atoms with E-state index < -0.39 is 0 Å². The van der Waals surface area contributed by atoms with Gasteiger partial charge < -0.3 is 15.7 Å². The first-order chi connectivity index (χ1) is 11.4. The second kappa shape index (κ2) is 10.4. The molecule has 1 fully saturated rings. The molecule has 2 rings (SSSR count). The van der Waals surface area contributed by atoms with Crippen molar-refractivity contribution in [2.75, 3.05) is 13.1 Å². The number of benzene rings is 1. The number of aliphatic imine (C=N–C) groups is 1. The van der Waals surface area contributed by atoms with Gasteiger partial charge in [-0.1, -0.05) is 38.1 Å². The van der Waals surface area contributed by atoms with Crippen LogP contribution < -0.4 is 10.6 Å². The number of aliphatic hydroxyl groups is 1. The molecule has 1 aliphatic rings. The zero-order chi connectivity index (χ0) is 17.6. The smallest absolute Gasteiger partial charge is 0.191 e. The molecule has 4 nitrogen and oxygen atoms in total. The van der Waals surface area contributed by atoms with Gasteiger partial charge in [-0.15, -0.1) is 24.0 Å². The van der Waals surface area contributed by atoms with Gasteiger partial charge in [-0.3, -0.25) is 4.99 Å². The number of nitrogens with zero attached hydrogens (tertiary/aromatic N) is 1. The molecule has 0 unspecified atom stereocenters. The van der Waals surface area contributed by atoms with Crippen molar-refractivity contribution in [1.29, 1.82) is 0 Å². The molecular formula is C20H34IN3O. The molecular weight excluding hydrogens is 425 g/mol. The second-order valence-corrected chi connectivity index (χ2v) is 7.54. The Morgan fingerprint density at radius 3 is 2.44 bits per heavy atom. The summed E-state index contributed by atoms with van der Waals surface area (Å²) in [5.74, 6) is 0.889. The minimum Gasteiger partial charge on any atom is -0.393 e. The van der Waals surface area contributed by atoms with Crippen molar-refractivity contribution in [3.8, 4) is 0 Å². The third-order valence-electron chi connectivity index (χ3n) is 4.89. The zero-order valence-corrected chi connectivity index (χ0v) is 18.3. The van der Waals surface area contributed by atoms with E-state index in [1.54, 1.807) is 0 Å². The highest BCUT2D eigenvalue weighted by Gasteiger charge is 2.23. The maximum Gasteiger partial charge on any atom is 0.191 e. The molecule has 142 valence electrons. The van der Waals surface area contributed by atoms with E-state index in [4.69, 9.17) is 4.99 Å². The molecule has 1 aromatic carbocycles. The van der Waals surface area contributed by atoms with Crippen molar-refractivity contribution in [3.05, 3.63) is 35.4 Å². The highest BCUT2D eigenvalue weighted by Crippen LogP contribution is 2.26. The standard InChI is InChI=1S/C20H33N3O.HI/c1-5-21-19(23-16-10-12-17(24)13-11-16)22-14-20(3,4)18-9-7-6-8-15(18)2;/h6-9,16-17,24H,5,10-14H2,1-4H3,(H2,21,22,23);1H. The summed E-state index contributed by atoms with van der Waals surface area (Å²) in [7, 11) is 0. The van der Waals surface area contributed by atoms with Crippen molar-refractivity contribution < 1.29 is 5.11 Å². The van der Waals surface area contributed by atoms with Crippen LogP contribution in [0.3, 0.4) is 0 Å². The van der Waals surface area contributed by atoms with Gasteiger partial charge in [-0.25, -0.2) is 0 Å². The monoisotopic (exact) mass is 459 g/mol. The molecule has 0 radical (unpaired) electrons. The number of guanidine groups is 1. The van der Waals surface area contributed by atoms with Crippen LogP contribution >= 0.6 is 24.0 Å². The van der Waals surface area contributed by atoms with Crippen LogP contribution in [0.1, 0.15) is 57.6 Å². The molecule has 0 aliphatic heterocycles. The summed E-state index contributed by atoms with van der Waals surface area (Å²) in [6.45, 7) is 10.3. The fourth-order valence-corrected chi connectivity index (χ4v) is 3.43. The van der Waals surface area contributed by atoms with E-state index >= 15 is 0 Å². The van der Waals surface area contributed by atoms with E-state index in [0.29, 0.717) is 6.04 Å². The molecule has 1 aliphatic carbocycles. The maximum absolute atomic E-state index is 9.65. The van der Waals surface area contributed by atoms with Gasteiger partial charge in [0.1, 0.15) is 0 Å². The SMILES string of the molecule is CCNC(=NCC(C)(C)c1ccccc1C)NC1CCC(O)CC1.I. The summed E-state index contributed by atoms with van der Waals surface area (Å²) in [5.41, 5.74) is 2.67. The first kappa shape index (κ1) is 22.2. The molecule has 0 saturated heterocycles. The van der Waals surface area contributed by atoms with E-state index in [2.05, 4.69) is 62.6 Å². The minimum atomic E-state index is -0.123. The maximum atomic E-state index is 9.65. The lowest BCUT2D eigenvalue weighted by atomic mass is 9.82. The van der Waals surface area contributed by atoms with E-state index in [0.717, 1.165) is 44.7 Å². The number of aryl methyl sites for hydroxylation is 1. The molecule has 0 spiro atoms. The largest absolute Gasteiger partial charge is 0.393 e. The summed E-state index contributed by atoms with van der Waals surface area (Å²) in [6, 6.07) is 8.96. The van der Waals surface area contributed by atoms with Crippen molar-refractivity contribution >= 4 is 29.9 Å². The van der Waals surface area contributed by atoms with Crippen molar-refractivity contribution in [1.82, 2.24) is 10.6 Å². The number of hydrogen-bond donors (Lipinski definition) is 3. The van der Waals surface area contributed by atoms with Gasteiger partial charge in [0.2, 0.25) is 0 Å². The van der Waals surface area contributed by atoms with Crippen LogP contribution in [0.4, 0.5) is 0 Å². The molecule has 5 heteroatoms. The highest BCUT2D eigenvalue weighted by atomic mass is 127. The molecule has 0 bridgehead atoms. The van der Waals surface area contributed by atoms with E-state index in [1.165, 1.54) is 11.1 Å². The van der Waals surface area contributed by atoms with Crippen LogP contribution in [0, 0.1) is 6.92 Å². The Kier molecular flexibility index (Phi) is 9.21. The van der Waals surface area contributed by atoms with Crippen LogP contribution in [0.15, 0.2) is 29.3 Å². The fourth-order valence-electron chi connectivity index (χ4n) is 3.43. The van der Waals surface area contributed by atoms with Crippen LogP contribution in [0.5, 0.6) is 0 Å². The van der Waals surface area contributed by atoms with Crippen molar-refractivity contribution in [2.45, 2.75) is 70.9 Å². The lowest BCUT2D eigenvalue weighted by Gasteiger charge is -2.29. The van der Waals surface area contributed by atoms with Gasteiger partial charge in [0.05, 0.1) is 12.6 Å². The van der Waals surface area contributed by atoms with Crippen LogP contribution in [-0.4, -0.2) is 36.3 Å². The van der Waals surface area contributed by atoms with Crippen molar-refractivity contribution in [3.63, 3.8) is 0 Å². The summed E-state index contributed by atoms with van der Waals surface area (Å²) >= 11 is 0.